The molecule has 4 unspecified atom stereocenters. The van der Waals surface area contributed by atoms with Gasteiger partial charge in [0.05, 0.1) is 37.6 Å². The van der Waals surface area contributed by atoms with Crippen molar-refractivity contribution in [2.45, 2.75) is 114 Å². The molecule has 4 fully saturated rings. The topological polar surface area (TPSA) is 219 Å². The summed E-state index contributed by atoms with van der Waals surface area (Å²) in [5.74, 6) is -2.49. The second-order valence-corrected chi connectivity index (χ2v) is 14.3. The van der Waals surface area contributed by atoms with E-state index in [-0.39, 0.29) is 24.3 Å². The number of amides is 1. The standard InChI is InChI=1S/C32H47FN2O11/c1-15-9-20-19-6-5-17-11-18(38)7-8-29(17,3)31(19,33)23(39)12-30(20,4)32(15,44)22(14-37)34-35-24(40)10-16(2)45-28-27(43)26(42)25(41)21(13-36)46-28/h7-8,11,15-16,19-21,23,25-28,36-37,39,41-44H,5-6,9-10,12-14H2,1-4H3,(H,35,40)/b34-22+/t15-,16?,19+,20+,21?,23?,25-,26+,27?,28+,29+,30+,31+,32+/m1/s1. The molecule has 0 aromatic rings. The molecule has 1 heterocycles. The maximum atomic E-state index is 17.4. The van der Waals surface area contributed by atoms with Crippen molar-refractivity contribution in [1.82, 2.24) is 5.43 Å². The van der Waals surface area contributed by atoms with E-state index in [9.17, 15) is 45.3 Å². The molecule has 13 nitrogen and oxygen atoms in total. The van der Waals surface area contributed by atoms with E-state index in [0.717, 1.165) is 0 Å². The molecule has 8 N–H and O–H groups in total. The zero-order valence-electron chi connectivity index (χ0n) is 26.5. The normalized spacial score (nSPS) is 47.8. The summed E-state index contributed by atoms with van der Waals surface area (Å²) < 4.78 is 28.3. The van der Waals surface area contributed by atoms with Crippen molar-refractivity contribution in [3.63, 3.8) is 0 Å². The molecule has 0 bridgehead atoms. The van der Waals surface area contributed by atoms with E-state index < -0.39 is 102 Å². The number of nitrogens with one attached hydrogen (secondary N) is 1. The molecule has 3 saturated carbocycles. The van der Waals surface area contributed by atoms with Crippen LogP contribution in [0.15, 0.2) is 28.9 Å². The third-order valence-corrected chi connectivity index (χ3v) is 11.8. The van der Waals surface area contributed by atoms with E-state index in [1.807, 2.05) is 0 Å². The first kappa shape index (κ1) is 35.2. The largest absolute Gasteiger partial charge is 0.394 e. The lowest BCUT2D eigenvalue weighted by Gasteiger charge is -2.62. The Morgan fingerprint density at radius 1 is 1.17 bits per heavy atom. The molecule has 1 amide bonds. The van der Waals surface area contributed by atoms with Crippen molar-refractivity contribution in [1.29, 1.82) is 0 Å². The van der Waals surface area contributed by atoms with Gasteiger partial charge >= 0.3 is 0 Å². The summed E-state index contributed by atoms with van der Waals surface area (Å²) in [7, 11) is 0. The zero-order valence-corrected chi connectivity index (χ0v) is 26.5. The molecular formula is C32H47FN2O11. The van der Waals surface area contributed by atoms with Gasteiger partial charge in [-0.15, -0.1) is 0 Å². The fourth-order valence-electron chi connectivity index (χ4n) is 9.30. The van der Waals surface area contributed by atoms with Gasteiger partial charge in [-0.1, -0.05) is 25.5 Å². The minimum absolute atomic E-state index is 0.134. The molecule has 1 aliphatic heterocycles. The smallest absolute Gasteiger partial charge is 0.242 e. The summed E-state index contributed by atoms with van der Waals surface area (Å²) in [5.41, 5.74) is -3.36. The number of halogens is 1. The van der Waals surface area contributed by atoms with Crippen LogP contribution in [0.1, 0.15) is 59.8 Å². The van der Waals surface area contributed by atoms with Crippen molar-refractivity contribution in [2.75, 3.05) is 13.2 Å². The Hall–Kier alpha value is -2.14. The highest BCUT2D eigenvalue weighted by Gasteiger charge is 2.75. The van der Waals surface area contributed by atoms with Gasteiger partial charge in [-0.25, -0.2) is 9.82 Å². The van der Waals surface area contributed by atoms with Gasteiger partial charge in [0, 0.05) is 16.7 Å². The van der Waals surface area contributed by atoms with Crippen molar-refractivity contribution in [3.8, 4) is 0 Å². The number of nitrogens with zero attached hydrogens (tertiary/aromatic N) is 1. The minimum Gasteiger partial charge on any atom is -0.394 e. The van der Waals surface area contributed by atoms with Crippen molar-refractivity contribution < 1.29 is 59.2 Å². The summed E-state index contributed by atoms with van der Waals surface area (Å²) >= 11 is 0. The Balaban J connectivity index is 1.32. The molecule has 0 aromatic carbocycles. The van der Waals surface area contributed by atoms with Crippen LogP contribution in [-0.4, -0.2) is 121 Å². The van der Waals surface area contributed by atoms with E-state index in [0.29, 0.717) is 24.8 Å². The number of aliphatic hydroxyl groups excluding tert-OH is 6. The number of alkyl halides is 1. The van der Waals surface area contributed by atoms with Gasteiger partial charge in [-0.05, 0) is 63.5 Å². The molecule has 14 heteroatoms. The molecule has 14 atom stereocenters. The van der Waals surface area contributed by atoms with Gasteiger partial charge in [-0.3, -0.25) is 9.59 Å². The number of allylic oxidation sites excluding steroid dienone is 4. The number of aliphatic hydroxyl groups is 7. The Kier molecular flexibility index (Phi) is 9.47. The molecule has 46 heavy (non-hydrogen) atoms. The lowest BCUT2D eigenvalue weighted by molar-refractivity contribution is -0.309. The molecule has 258 valence electrons. The second-order valence-electron chi connectivity index (χ2n) is 14.3. The third kappa shape index (κ3) is 5.12. The lowest BCUT2D eigenvalue weighted by Crippen LogP contribution is -2.69. The van der Waals surface area contributed by atoms with Crippen LogP contribution >= 0.6 is 0 Å². The average Bonchev–Trinajstić information content (AvgIpc) is 3.19. The summed E-state index contributed by atoms with van der Waals surface area (Å²) in [6.45, 7) is 5.37. The third-order valence-electron chi connectivity index (χ3n) is 11.8. The van der Waals surface area contributed by atoms with Gasteiger partial charge < -0.3 is 45.2 Å². The van der Waals surface area contributed by atoms with Crippen molar-refractivity contribution in [2.24, 2.45) is 33.7 Å². The Morgan fingerprint density at radius 3 is 2.52 bits per heavy atom. The summed E-state index contributed by atoms with van der Waals surface area (Å²) in [4.78, 5) is 24.9. The van der Waals surface area contributed by atoms with E-state index >= 15 is 4.39 Å². The molecule has 4 aliphatic carbocycles. The highest BCUT2D eigenvalue weighted by molar-refractivity contribution is 6.01. The van der Waals surface area contributed by atoms with Gasteiger partial charge in [0.25, 0.3) is 0 Å². The van der Waals surface area contributed by atoms with E-state index in [2.05, 4.69) is 10.5 Å². The SMILES string of the molecule is CC(CC(=O)N/N=C(\CO)[C@@]1(O)[C@H](C)C[C@H]2[C@@H]3CCC4=CC(=O)C=C[C@]4(C)[C@@]3(F)C(O)C[C@@]21C)O[C@H]1OC(CO)[C@@H](O)[C@H](O)C1O. The molecule has 0 spiro atoms. The van der Waals surface area contributed by atoms with Crippen LogP contribution in [0.5, 0.6) is 0 Å². The summed E-state index contributed by atoms with van der Waals surface area (Å²) in [6, 6.07) is 0. The van der Waals surface area contributed by atoms with Crippen LogP contribution in [0.2, 0.25) is 0 Å². The van der Waals surface area contributed by atoms with E-state index in [1.165, 1.54) is 19.1 Å². The molecular weight excluding hydrogens is 607 g/mol. The van der Waals surface area contributed by atoms with Crippen LogP contribution in [0, 0.1) is 28.6 Å². The summed E-state index contributed by atoms with van der Waals surface area (Å²) in [6.07, 6.45) is -4.76. The predicted molar refractivity (Wildman–Crippen MR) is 159 cm³/mol. The van der Waals surface area contributed by atoms with Crippen LogP contribution in [0.4, 0.5) is 4.39 Å². The number of hydrogen-bond donors (Lipinski definition) is 8. The van der Waals surface area contributed by atoms with Crippen LogP contribution < -0.4 is 5.43 Å². The zero-order chi connectivity index (χ0) is 34.0. The average molecular weight is 655 g/mol. The number of fused-ring (bicyclic) bond motifs is 5. The first-order valence-corrected chi connectivity index (χ1v) is 16.0. The van der Waals surface area contributed by atoms with Gasteiger partial charge in [0.2, 0.25) is 5.91 Å². The Labute approximate surface area is 266 Å². The van der Waals surface area contributed by atoms with E-state index in [1.54, 1.807) is 26.8 Å². The Bertz CT molecular complexity index is 1310. The van der Waals surface area contributed by atoms with Gasteiger partial charge in [-0.2, -0.15) is 5.10 Å². The number of carbonyl (C=O) groups excluding carboxylic acids is 2. The predicted octanol–water partition coefficient (Wildman–Crippen LogP) is -0.606. The molecule has 0 radical (unpaired) electrons. The van der Waals surface area contributed by atoms with Crippen LogP contribution in [0.25, 0.3) is 0 Å². The quantitative estimate of drug-likeness (QED) is 0.122. The van der Waals surface area contributed by atoms with Gasteiger partial charge in [0.15, 0.2) is 17.7 Å². The number of hydrogen-bond acceptors (Lipinski definition) is 12. The fraction of sp³-hybridized carbons (Fsp3) is 0.781. The van der Waals surface area contributed by atoms with Crippen molar-refractivity contribution >= 4 is 17.4 Å². The number of hydrazone groups is 1. The maximum Gasteiger partial charge on any atom is 0.242 e. The Morgan fingerprint density at radius 2 is 1.87 bits per heavy atom. The molecule has 5 rings (SSSR count). The monoisotopic (exact) mass is 654 g/mol. The first-order valence-electron chi connectivity index (χ1n) is 16.0. The fourth-order valence-corrected chi connectivity index (χ4v) is 9.30. The van der Waals surface area contributed by atoms with Crippen LogP contribution in [0.3, 0.4) is 0 Å². The number of rotatable bonds is 8. The van der Waals surface area contributed by atoms with E-state index in [4.69, 9.17) is 9.47 Å². The minimum atomic E-state index is -2.09. The lowest BCUT2D eigenvalue weighted by atomic mass is 9.44. The first-order chi connectivity index (χ1) is 21.5. The number of carbonyl (C=O) groups is 2. The number of ketones is 1. The van der Waals surface area contributed by atoms with Crippen LogP contribution in [-0.2, 0) is 19.1 Å². The highest BCUT2D eigenvalue weighted by atomic mass is 19.1. The molecule has 5 aliphatic rings. The second kappa shape index (κ2) is 12.4. The van der Waals surface area contributed by atoms with Crippen molar-refractivity contribution in [3.05, 3.63) is 23.8 Å². The number of ether oxygens (including phenoxy) is 2. The van der Waals surface area contributed by atoms with Gasteiger partial charge in [0.1, 0.15) is 30.0 Å². The molecule has 1 saturated heterocycles. The molecule has 0 aromatic heterocycles. The maximum absolute atomic E-state index is 17.4. The highest BCUT2D eigenvalue weighted by Crippen LogP contribution is 2.70. The summed E-state index contributed by atoms with van der Waals surface area (Å²) in [5, 5.41) is 78.0.